The van der Waals surface area contributed by atoms with Gasteiger partial charge in [-0.05, 0) is 44.5 Å². The third-order valence-corrected chi connectivity index (χ3v) is 4.71. The Morgan fingerprint density at radius 3 is 2.18 bits per heavy atom. The number of nitro benzene ring substituents is 1. The van der Waals surface area contributed by atoms with Crippen LogP contribution in [0.5, 0.6) is 0 Å². The third kappa shape index (κ3) is 2.92. The number of carbonyl (C=O) groups excluding carboxylic acids is 3. The highest BCUT2D eigenvalue weighted by atomic mass is 16.6. The molecule has 0 aromatic heterocycles. The summed E-state index contributed by atoms with van der Waals surface area (Å²) in [7, 11) is 0. The van der Waals surface area contributed by atoms with Crippen molar-refractivity contribution in [3.8, 4) is 0 Å². The lowest BCUT2D eigenvalue weighted by Gasteiger charge is -2.23. The van der Waals surface area contributed by atoms with Gasteiger partial charge in [0.25, 0.3) is 17.5 Å². The number of imide groups is 1. The predicted molar refractivity (Wildman–Crippen MR) is 100 cm³/mol. The van der Waals surface area contributed by atoms with Crippen molar-refractivity contribution in [2.45, 2.75) is 26.2 Å². The lowest BCUT2D eigenvalue weighted by Crippen LogP contribution is -2.32. The van der Waals surface area contributed by atoms with Gasteiger partial charge in [-0.1, -0.05) is 18.2 Å². The van der Waals surface area contributed by atoms with Crippen LogP contribution in [0.25, 0.3) is 0 Å². The molecule has 0 spiro atoms. The lowest BCUT2D eigenvalue weighted by atomic mass is 9.84. The highest BCUT2D eigenvalue weighted by Gasteiger charge is 2.41. The second-order valence-electron chi connectivity index (χ2n) is 6.80. The molecule has 0 saturated heterocycles. The van der Waals surface area contributed by atoms with Crippen molar-refractivity contribution in [2.24, 2.45) is 0 Å². The standard InChI is InChI=1S/C20H18N2O6/c1-4-28-19(25)20(2,3)12-9-10-15(16(11-12)22(26)27)21-17(23)13-7-5-6-8-14(13)18(21)24/h5-11H,4H2,1-3H3. The summed E-state index contributed by atoms with van der Waals surface area (Å²) >= 11 is 0. The normalized spacial score (nSPS) is 13.5. The Balaban J connectivity index is 2.09. The van der Waals surface area contributed by atoms with Crippen LogP contribution in [-0.2, 0) is 14.9 Å². The van der Waals surface area contributed by atoms with Gasteiger partial charge >= 0.3 is 5.97 Å². The van der Waals surface area contributed by atoms with Crippen LogP contribution in [0.15, 0.2) is 42.5 Å². The first-order chi connectivity index (χ1) is 13.2. The van der Waals surface area contributed by atoms with E-state index in [0.717, 1.165) is 4.90 Å². The zero-order chi connectivity index (χ0) is 20.6. The summed E-state index contributed by atoms with van der Waals surface area (Å²) in [6.07, 6.45) is 0. The summed E-state index contributed by atoms with van der Waals surface area (Å²) in [6.45, 7) is 5.02. The van der Waals surface area contributed by atoms with Crippen LogP contribution in [0.4, 0.5) is 11.4 Å². The van der Waals surface area contributed by atoms with E-state index in [-0.39, 0.29) is 23.4 Å². The number of hydrogen-bond acceptors (Lipinski definition) is 6. The van der Waals surface area contributed by atoms with E-state index in [1.807, 2.05) is 0 Å². The van der Waals surface area contributed by atoms with E-state index in [1.54, 1.807) is 32.9 Å². The molecule has 2 aromatic rings. The van der Waals surface area contributed by atoms with E-state index in [9.17, 15) is 24.5 Å². The first kappa shape index (κ1) is 19.2. The zero-order valence-electron chi connectivity index (χ0n) is 15.6. The number of rotatable bonds is 5. The Hall–Kier alpha value is -3.55. The molecule has 2 aromatic carbocycles. The number of nitrogens with zero attached hydrogens (tertiary/aromatic N) is 2. The van der Waals surface area contributed by atoms with Crippen molar-refractivity contribution < 1.29 is 24.0 Å². The Bertz CT molecular complexity index is 977. The highest BCUT2D eigenvalue weighted by Crippen LogP contribution is 2.38. The number of amides is 2. The molecule has 0 unspecified atom stereocenters. The van der Waals surface area contributed by atoms with Crippen LogP contribution in [0.2, 0.25) is 0 Å². The molecule has 28 heavy (non-hydrogen) atoms. The second-order valence-corrected chi connectivity index (χ2v) is 6.80. The van der Waals surface area contributed by atoms with Gasteiger partial charge in [-0.2, -0.15) is 0 Å². The van der Waals surface area contributed by atoms with Crippen molar-refractivity contribution in [1.29, 1.82) is 0 Å². The quantitative estimate of drug-likeness (QED) is 0.340. The minimum absolute atomic E-state index is 0.139. The Morgan fingerprint density at radius 1 is 1.11 bits per heavy atom. The molecule has 144 valence electrons. The van der Waals surface area contributed by atoms with E-state index in [0.29, 0.717) is 5.56 Å². The van der Waals surface area contributed by atoms with Crippen LogP contribution in [0, 0.1) is 10.1 Å². The summed E-state index contributed by atoms with van der Waals surface area (Å²) in [5, 5.41) is 11.7. The number of nitro groups is 1. The number of carbonyl (C=O) groups is 3. The van der Waals surface area contributed by atoms with E-state index >= 15 is 0 Å². The molecule has 1 aliphatic heterocycles. The maximum Gasteiger partial charge on any atom is 0.315 e. The highest BCUT2D eigenvalue weighted by molar-refractivity contribution is 6.35. The fourth-order valence-corrected chi connectivity index (χ4v) is 3.08. The number of ether oxygens (including phenoxy) is 1. The van der Waals surface area contributed by atoms with E-state index in [4.69, 9.17) is 4.74 Å². The van der Waals surface area contributed by atoms with Crippen molar-refractivity contribution in [2.75, 3.05) is 11.5 Å². The van der Waals surface area contributed by atoms with Gasteiger partial charge in [0.15, 0.2) is 0 Å². The predicted octanol–water partition coefficient (Wildman–Crippen LogP) is 3.24. The van der Waals surface area contributed by atoms with Gasteiger partial charge in [0, 0.05) is 6.07 Å². The minimum atomic E-state index is -1.14. The second kappa shape index (κ2) is 6.88. The Kier molecular flexibility index (Phi) is 4.72. The monoisotopic (exact) mass is 382 g/mol. The molecule has 3 rings (SSSR count). The van der Waals surface area contributed by atoms with E-state index in [1.165, 1.54) is 30.3 Å². The molecule has 0 fully saturated rings. The minimum Gasteiger partial charge on any atom is -0.465 e. The SMILES string of the molecule is CCOC(=O)C(C)(C)c1ccc(N2C(=O)c3ccccc3C2=O)c([N+](=O)[O-])c1. The average molecular weight is 382 g/mol. The molecule has 0 N–H and O–H groups in total. The topological polar surface area (TPSA) is 107 Å². The van der Waals surface area contributed by atoms with E-state index in [2.05, 4.69) is 0 Å². The first-order valence-corrected chi connectivity index (χ1v) is 8.64. The number of fused-ring (bicyclic) bond motifs is 1. The van der Waals surface area contributed by atoms with Crippen molar-refractivity contribution in [3.63, 3.8) is 0 Å². The maximum absolute atomic E-state index is 12.7. The molecule has 0 aliphatic carbocycles. The molecular formula is C20H18N2O6. The summed E-state index contributed by atoms with van der Waals surface area (Å²) in [6, 6.07) is 10.2. The van der Waals surface area contributed by atoms with Gasteiger partial charge in [-0.25, -0.2) is 4.90 Å². The van der Waals surface area contributed by atoms with Gasteiger partial charge in [0.1, 0.15) is 5.69 Å². The summed E-state index contributed by atoms with van der Waals surface area (Å²) in [5.41, 5.74) is -0.987. The fraction of sp³-hybridized carbons (Fsp3) is 0.250. The number of benzene rings is 2. The molecule has 0 saturated carbocycles. The molecule has 2 amide bonds. The molecule has 1 aliphatic rings. The largest absolute Gasteiger partial charge is 0.465 e. The molecule has 0 radical (unpaired) electrons. The summed E-state index contributed by atoms with van der Waals surface area (Å²) in [5.74, 6) is -1.78. The molecule has 0 bridgehead atoms. The van der Waals surface area contributed by atoms with Crippen LogP contribution in [-0.4, -0.2) is 29.3 Å². The zero-order valence-corrected chi connectivity index (χ0v) is 15.6. The van der Waals surface area contributed by atoms with E-state index < -0.39 is 33.8 Å². The van der Waals surface area contributed by atoms with Crippen LogP contribution < -0.4 is 4.90 Å². The Morgan fingerprint density at radius 2 is 1.68 bits per heavy atom. The number of anilines is 1. The first-order valence-electron chi connectivity index (χ1n) is 8.64. The van der Waals surface area contributed by atoms with Crippen molar-refractivity contribution in [1.82, 2.24) is 0 Å². The van der Waals surface area contributed by atoms with Crippen LogP contribution in [0.1, 0.15) is 47.1 Å². The fourth-order valence-electron chi connectivity index (χ4n) is 3.08. The van der Waals surface area contributed by atoms with Gasteiger partial charge < -0.3 is 4.74 Å². The van der Waals surface area contributed by atoms with Crippen molar-refractivity contribution in [3.05, 3.63) is 69.3 Å². The Labute approximate surface area is 160 Å². The third-order valence-electron chi connectivity index (χ3n) is 4.71. The molecule has 8 heteroatoms. The number of hydrogen-bond donors (Lipinski definition) is 0. The summed E-state index contributed by atoms with van der Waals surface area (Å²) < 4.78 is 5.04. The maximum atomic E-state index is 12.7. The van der Waals surface area contributed by atoms with Gasteiger partial charge in [0.2, 0.25) is 0 Å². The van der Waals surface area contributed by atoms with Crippen LogP contribution >= 0.6 is 0 Å². The van der Waals surface area contributed by atoms with Gasteiger partial charge in [-0.15, -0.1) is 0 Å². The molecule has 1 heterocycles. The lowest BCUT2D eigenvalue weighted by molar-refractivity contribution is -0.384. The average Bonchev–Trinajstić information content (AvgIpc) is 2.92. The molecule has 0 atom stereocenters. The summed E-state index contributed by atoms with van der Waals surface area (Å²) in [4.78, 5) is 49.4. The van der Waals surface area contributed by atoms with Gasteiger partial charge in [-0.3, -0.25) is 24.5 Å². The number of esters is 1. The van der Waals surface area contributed by atoms with Gasteiger partial charge in [0.05, 0.1) is 28.1 Å². The molecule has 8 nitrogen and oxygen atoms in total. The van der Waals surface area contributed by atoms with Crippen LogP contribution in [0.3, 0.4) is 0 Å². The van der Waals surface area contributed by atoms with Crippen molar-refractivity contribution >= 4 is 29.2 Å². The molecular weight excluding hydrogens is 364 g/mol. The smallest absolute Gasteiger partial charge is 0.315 e.